The predicted octanol–water partition coefficient (Wildman–Crippen LogP) is 3.80. The molecule has 2 aromatic carbocycles. The summed E-state index contributed by atoms with van der Waals surface area (Å²) in [7, 11) is 0. The van der Waals surface area contributed by atoms with Crippen LogP contribution in [-0.4, -0.2) is 37.3 Å². The van der Waals surface area contributed by atoms with Crippen molar-refractivity contribution in [2.45, 2.75) is 18.2 Å². The highest BCUT2D eigenvalue weighted by Crippen LogP contribution is 2.33. The quantitative estimate of drug-likeness (QED) is 0.811. The van der Waals surface area contributed by atoms with Crippen LogP contribution >= 0.6 is 11.8 Å². The zero-order valence-electron chi connectivity index (χ0n) is 14.7. The highest BCUT2D eigenvalue weighted by atomic mass is 32.2. The van der Waals surface area contributed by atoms with Gasteiger partial charge < -0.3 is 15.0 Å². The number of hydrogen-bond donors (Lipinski definition) is 1. The SMILES string of the molecule is CCOC(=O)c1ccccc1NC(=O)CN1CCCSc2ccccc21. The van der Waals surface area contributed by atoms with E-state index in [9.17, 15) is 9.59 Å². The van der Waals surface area contributed by atoms with Gasteiger partial charge in [-0.2, -0.15) is 0 Å². The molecule has 0 bridgehead atoms. The standard InChI is InChI=1S/C20H22N2O3S/c1-2-25-20(24)15-8-3-4-9-16(15)21-19(23)14-22-12-7-13-26-18-11-6-5-10-17(18)22/h3-6,8-11H,2,7,12-14H2,1H3,(H,21,23). The second-order valence-electron chi connectivity index (χ2n) is 5.91. The number of rotatable bonds is 5. The van der Waals surface area contributed by atoms with Crippen molar-refractivity contribution in [3.05, 3.63) is 54.1 Å². The molecular weight excluding hydrogens is 348 g/mol. The number of carbonyl (C=O) groups is 2. The van der Waals surface area contributed by atoms with Crippen molar-refractivity contribution in [3.8, 4) is 0 Å². The molecule has 0 aliphatic carbocycles. The van der Waals surface area contributed by atoms with Gasteiger partial charge in [0, 0.05) is 11.4 Å². The summed E-state index contributed by atoms with van der Waals surface area (Å²) in [5.41, 5.74) is 1.94. The van der Waals surface area contributed by atoms with E-state index in [0.29, 0.717) is 17.9 Å². The number of para-hydroxylation sites is 2. The molecule has 3 rings (SSSR count). The van der Waals surface area contributed by atoms with E-state index in [1.807, 2.05) is 30.0 Å². The van der Waals surface area contributed by atoms with Crippen molar-refractivity contribution in [2.24, 2.45) is 0 Å². The lowest BCUT2D eigenvalue weighted by molar-refractivity contribution is -0.115. The molecule has 5 nitrogen and oxygen atoms in total. The van der Waals surface area contributed by atoms with Crippen molar-refractivity contribution >= 4 is 35.0 Å². The fourth-order valence-corrected chi connectivity index (χ4v) is 3.92. The van der Waals surface area contributed by atoms with Gasteiger partial charge in [0.15, 0.2) is 0 Å². The Bertz CT molecular complexity index is 794. The van der Waals surface area contributed by atoms with E-state index in [1.54, 1.807) is 31.2 Å². The first-order valence-corrected chi connectivity index (χ1v) is 9.70. The van der Waals surface area contributed by atoms with Crippen LogP contribution in [0, 0.1) is 0 Å². The molecule has 136 valence electrons. The van der Waals surface area contributed by atoms with E-state index in [2.05, 4.69) is 16.3 Å². The molecule has 1 heterocycles. The minimum Gasteiger partial charge on any atom is -0.462 e. The highest BCUT2D eigenvalue weighted by Gasteiger charge is 2.19. The molecule has 0 unspecified atom stereocenters. The smallest absolute Gasteiger partial charge is 0.340 e. The van der Waals surface area contributed by atoms with Crippen LogP contribution in [0.15, 0.2) is 53.4 Å². The van der Waals surface area contributed by atoms with E-state index in [-0.39, 0.29) is 12.5 Å². The minimum absolute atomic E-state index is 0.150. The van der Waals surface area contributed by atoms with Crippen LogP contribution in [0.4, 0.5) is 11.4 Å². The Hall–Kier alpha value is -2.47. The zero-order valence-corrected chi connectivity index (χ0v) is 15.6. The van der Waals surface area contributed by atoms with Gasteiger partial charge in [-0.1, -0.05) is 24.3 Å². The number of nitrogens with zero attached hydrogens (tertiary/aromatic N) is 1. The first-order valence-electron chi connectivity index (χ1n) is 8.72. The van der Waals surface area contributed by atoms with Crippen LogP contribution in [0.5, 0.6) is 0 Å². The Kier molecular flexibility index (Phi) is 6.17. The van der Waals surface area contributed by atoms with Gasteiger partial charge in [-0.05, 0) is 43.4 Å². The van der Waals surface area contributed by atoms with Crippen molar-refractivity contribution in [1.29, 1.82) is 0 Å². The van der Waals surface area contributed by atoms with Gasteiger partial charge in [0.2, 0.25) is 5.91 Å². The molecule has 0 aromatic heterocycles. The lowest BCUT2D eigenvalue weighted by atomic mass is 10.1. The van der Waals surface area contributed by atoms with E-state index < -0.39 is 5.97 Å². The Balaban J connectivity index is 1.73. The molecule has 0 radical (unpaired) electrons. The Labute approximate surface area is 157 Å². The Morgan fingerprint density at radius 2 is 1.92 bits per heavy atom. The molecule has 0 atom stereocenters. The Morgan fingerprint density at radius 1 is 1.15 bits per heavy atom. The van der Waals surface area contributed by atoms with Crippen molar-refractivity contribution < 1.29 is 14.3 Å². The molecule has 2 aromatic rings. The second kappa shape index (κ2) is 8.76. The fraction of sp³-hybridized carbons (Fsp3) is 0.300. The first-order chi connectivity index (χ1) is 12.7. The topological polar surface area (TPSA) is 58.6 Å². The predicted molar refractivity (Wildman–Crippen MR) is 105 cm³/mol. The molecule has 0 spiro atoms. The maximum atomic E-state index is 12.6. The molecule has 1 aliphatic rings. The van der Waals surface area contributed by atoms with Gasteiger partial charge in [-0.15, -0.1) is 11.8 Å². The maximum Gasteiger partial charge on any atom is 0.340 e. The number of benzene rings is 2. The molecule has 0 fully saturated rings. The summed E-state index contributed by atoms with van der Waals surface area (Å²) in [6, 6.07) is 15.1. The van der Waals surface area contributed by atoms with Crippen molar-refractivity contribution in [3.63, 3.8) is 0 Å². The summed E-state index contributed by atoms with van der Waals surface area (Å²) in [5.74, 6) is 0.462. The van der Waals surface area contributed by atoms with Gasteiger partial charge in [0.05, 0.1) is 30.1 Å². The third-order valence-electron chi connectivity index (χ3n) is 4.07. The number of nitrogens with one attached hydrogen (secondary N) is 1. The summed E-state index contributed by atoms with van der Waals surface area (Å²) in [6.45, 7) is 3.13. The molecule has 26 heavy (non-hydrogen) atoms. The number of thioether (sulfide) groups is 1. The number of amides is 1. The van der Waals surface area contributed by atoms with Gasteiger partial charge >= 0.3 is 5.97 Å². The number of anilines is 2. The number of esters is 1. The highest BCUT2D eigenvalue weighted by molar-refractivity contribution is 7.99. The Morgan fingerprint density at radius 3 is 2.77 bits per heavy atom. The summed E-state index contributed by atoms with van der Waals surface area (Å²) in [6.07, 6.45) is 1.02. The largest absolute Gasteiger partial charge is 0.462 e. The molecule has 1 amide bonds. The van der Waals surface area contributed by atoms with Gasteiger partial charge in [-0.3, -0.25) is 4.79 Å². The average molecular weight is 370 g/mol. The van der Waals surface area contributed by atoms with Crippen molar-refractivity contribution in [2.75, 3.05) is 35.7 Å². The molecule has 0 saturated heterocycles. The molecule has 1 aliphatic heterocycles. The van der Waals surface area contributed by atoms with Crippen LogP contribution in [-0.2, 0) is 9.53 Å². The van der Waals surface area contributed by atoms with Crippen molar-refractivity contribution in [1.82, 2.24) is 0 Å². The lowest BCUT2D eigenvalue weighted by Gasteiger charge is -2.24. The lowest BCUT2D eigenvalue weighted by Crippen LogP contribution is -2.34. The first kappa shape index (κ1) is 18.3. The summed E-state index contributed by atoms with van der Waals surface area (Å²) in [5, 5.41) is 2.86. The third kappa shape index (κ3) is 4.38. The van der Waals surface area contributed by atoms with Gasteiger partial charge in [-0.25, -0.2) is 4.79 Å². The van der Waals surface area contributed by atoms with Crippen LogP contribution < -0.4 is 10.2 Å². The summed E-state index contributed by atoms with van der Waals surface area (Å²) >= 11 is 1.82. The van der Waals surface area contributed by atoms with E-state index in [4.69, 9.17) is 4.74 Å². The molecular formula is C20H22N2O3S. The van der Waals surface area contributed by atoms with Crippen LogP contribution in [0.3, 0.4) is 0 Å². The van der Waals surface area contributed by atoms with Gasteiger partial charge in [0.25, 0.3) is 0 Å². The number of ether oxygens (including phenoxy) is 1. The van der Waals surface area contributed by atoms with Crippen LogP contribution in [0.1, 0.15) is 23.7 Å². The molecule has 6 heteroatoms. The number of hydrogen-bond acceptors (Lipinski definition) is 5. The van der Waals surface area contributed by atoms with Crippen LogP contribution in [0.2, 0.25) is 0 Å². The number of fused-ring (bicyclic) bond motifs is 1. The van der Waals surface area contributed by atoms with E-state index >= 15 is 0 Å². The maximum absolute atomic E-state index is 12.6. The molecule has 0 saturated carbocycles. The average Bonchev–Trinajstić information content (AvgIpc) is 2.85. The third-order valence-corrected chi connectivity index (χ3v) is 5.22. The fourth-order valence-electron chi connectivity index (χ4n) is 2.90. The number of carbonyl (C=O) groups excluding carboxylic acids is 2. The zero-order chi connectivity index (χ0) is 18.4. The molecule has 1 N–H and O–H groups in total. The second-order valence-corrected chi connectivity index (χ2v) is 7.04. The van der Waals surface area contributed by atoms with E-state index in [1.165, 1.54) is 4.90 Å². The minimum atomic E-state index is -0.431. The van der Waals surface area contributed by atoms with Gasteiger partial charge in [0.1, 0.15) is 0 Å². The van der Waals surface area contributed by atoms with Crippen LogP contribution in [0.25, 0.3) is 0 Å². The summed E-state index contributed by atoms with van der Waals surface area (Å²) in [4.78, 5) is 28.0. The normalized spacial score (nSPS) is 13.5. The van der Waals surface area contributed by atoms with E-state index in [0.717, 1.165) is 24.4 Å². The monoisotopic (exact) mass is 370 g/mol. The summed E-state index contributed by atoms with van der Waals surface area (Å²) < 4.78 is 5.06.